The lowest BCUT2D eigenvalue weighted by atomic mass is 9.91. The largest absolute Gasteiger partial charge is 0.480 e. The molecule has 5 heteroatoms. The zero-order valence-electron chi connectivity index (χ0n) is 8.47. The zero-order chi connectivity index (χ0) is 11.1. The van der Waals surface area contributed by atoms with Crippen molar-refractivity contribution in [2.75, 3.05) is 0 Å². The number of carboxylic acids is 1. The molecule has 1 heterocycles. The number of aromatic nitrogens is 2. The lowest BCUT2D eigenvalue weighted by Crippen LogP contribution is -2.42. The van der Waals surface area contributed by atoms with E-state index in [0.717, 1.165) is 24.2 Å². The zero-order valence-corrected chi connectivity index (χ0v) is 8.47. The number of carbonyl (C=O) groups is 1. The van der Waals surface area contributed by atoms with Gasteiger partial charge < -0.3 is 10.8 Å². The molecule has 5 nitrogen and oxygen atoms in total. The topological polar surface area (TPSA) is 89.1 Å². The van der Waals surface area contributed by atoms with Gasteiger partial charge in [0.2, 0.25) is 0 Å². The molecule has 2 rings (SSSR count). The van der Waals surface area contributed by atoms with Crippen LogP contribution < -0.4 is 5.73 Å². The summed E-state index contributed by atoms with van der Waals surface area (Å²) in [5.74, 6) is -0.974. The molecule has 1 fully saturated rings. The molecule has 1 aliphatic carbocycles. The molecule has 0 bridgehead atoms. The summed E-state index contributed by atoms with van der Waals surface area (Å²) in [6.45, 7) is 1.83. The van der Waals surface area contributed by atoms with Crippen molar-refractivity contribution in [3.05, 3.63) is 23.8 Å². The maximum absolute atomic E-state index is 10.9. The molecular formula is C10H13N3O2. The highest BCUT2D eigenvalue weighted by Gasteiger charge is 2.54. The van der Waals surface area contributed by atoms with Crippen molar-refractivity contribution in [3.8, 4) is 0 Å². The Morgan fingerprint density at radius 3 is 2.60 bits per heavy atom. The summed E-state index contributed by atoms with van der Waals surface area (Å²) in [5.41, 5.74) is 6.71. The quantitative estimate of drug-likeness (QED) is 0.740. The standard InChI is InChI=1S/C10H13N3O2/c1-6-8(13-5-4-12-6)10(2-3-10)7(11)9(14)15/h4-5,7H,2-3,11H2,1H3,(H,14,15). The first kappa shape index (κ1) is 10.0. The monoisotopic (exact) mass is 207 g/mol. The molecule has 0 aliphatic heterocycles. The fraction of sp³-hybridized carbons (Fsp3) is 0.500. The predicted molar refractivity (Wildman–Crippen MR) is 53.3 cm³/mol. The van der Waals surface area contributed by atoms with Crippen LogP contribution in [-0.2, 0) is 10.2 Å². The van der Waals surface area contributed by atoms with Crippen molar-refractivity contribution in [2.45, 2.75) is 31.2 Å². The molecule has 1 aromatic rings. The molecule has 1 unspecified atom stereocenters. The van der Waals surface area contributed by atoms with Gasteiger partial charge in [-0.05, 0) is 19.8 Å². The molecule has 1 aliphatic rings. The smallest absolute Gasteiger partial charge is 0.321 e. The van der Waals surface area contributed by atoms with Gasteiger partial charge in [-0.2, -0.15) is 0 Å². The summed E-state index contributed by atoms with van der Waals surface area (Å²) in [6.07, 6.45) is 4.73. The van der Waals surface area contributed by atoms with Crippen LogP contribution in [-0.4, -0.2) is 27.1 Å². The number of aryl methyl sites for hydroxylation is 1. The maximum atomic E-state index is 10.9. The molecule has 1 saturated carbocycles. The van der Waals surface area contributed by atoms with Crippen LogP contribution in [0.1, 0.15) is 24.2 Å². The second-order valence-electron chi connectivity index (χ2n) is 3.96. The van der Waals surface area contributed by atoms with Gasteiger partial charge in [0.25, 0.3) is 0 Å². The minimum absolute atomic E-state index is 0.482. The van der Waals surface area contributed by atoms with Crippen LogP contribution in [0.25, 0.3) is 0 Å². The van der Waals surface area contributed by atoms with Gasteiger partial charge in [0.1, 0.15) is 6.04 Å². The maximum Gasteiger partial charge on any atom is 0.321 e. The summed E-state index contributed by atoms with van der Waals surface area (Å²) in [7, 11) is 0. The Balaban J connectivity index is 2.39. The first-order chi connectivity index (χ1) is 7.08. The Kier molecular flexibility index (Phi) is 2.19. The number of rotatable bonds is 3. The number of nitrogens with two attached hydrogens (primary N) is 1. The molecule has 1 aromatic heterocycles. The first-order valence-electron chi connectivity index (χ1n) is 4.84. The highest BCUT2D eigenvalue weighted by Crippen LogP contribution is 2.50. The average molecular weight is 207 g/mol. The van der Waals surface area contributed by atoms with Gasteiger partial charge in [-0.1, -0.05) is 0 Å². The molecule has 0 spiro atoms. The van der Waals surface area contributed by atoms with Gasteiger partial charge in [-0.25, -0.2) is 0 Å². The Morgan fingerprint density at radius 1 is 1.53 bits per heavy atom. The van der Waals surface area contributed by atoms with E-state index in [1.807, 2.05) is 6.92 Å². The number of nitrogens with zero attached hydrogens (tertiary/aromatic N) is 2. The van der Waals surface area contributed by atoms with Crippen LogP contribution in [0, 0.1) is 6.92 Å². The number of hydrogen-bond acceptors (Lipinski definition) is 4. The molecule has 80 valence electrons. The van der Waals surface area contributed by atoms with Crippen molar-refractivity contribution in [1.82, 2.24) is 9.97 Å². The van der Waals surface area contributed by atoms with Crippen molar-refractivity contribution >= 4 is 5.97 Å². The van der Waals surface area contributed by atoms with Gasteiger partial charge in [-0.3, -0.25) is 14.8 Å². The van der Waals surface area contributed by atoms with Gasteiger partial charge in [-0.15, -0.1) is 0 Å². The highest BCUT2D eigenvalue weighted by atomic mass is 16.4. The van der Waals surface area contributed by atoms with Crippen LogP contribution in [0.5, 0.6) is 0 Å². The Labute approximate surface area is 87.4 Å². The van der Waals surface area contributed by atoms with E-state index in [1.165, 1.54) is 0 Å². The second-order valence-corrected chi connectivity index (χ2v) is 3.96. The fourth-order valence-electron chi connectivity index (χ4n) is 1.96. The fourth-order valence-corrected chi connectivity index (χ4v) is 1.96. The molecule has 1 atom stereocenters. The average Bonchev–Trinajstić information content (AvgIpc) is 2.98. The third-order valence-electron chi connectivity index (χ3n) is 3.00. The SMILES string of the molecule is Cc1nccnc1C1(C(N)C(=O)O)CC1. The van der Waals surface area contributed by atoms with Crippen LogP contribution in [0.15, 0.2) is 12.4 Å². The van der Waals surface area contributed by atoms with Crippen molar-refractivity contribution in [2.24, 2.45) is 5.73 Å². The van der Waals surface area contributed by atoms with Crippen molar-refractivity contribution < 1.29 is 9.90 Å². The van der Waals surface area contributed by atoms with Crippen LogP contribution in [0.3, 0.4) is 0 Å². The van der Waals surface area contributed by atoms with Gasteiger partial charge in [0.05, 0.1) is 11.4 Å². The summed E-state index contributed by atoms with van der Waals surface area (Å²) >= 11 is 0. The number of carboxylic acid groups (broad SMARTS) is 1. The van der Waals surface area contributed by atoms with E-state index >= 15 is 0 Å². The van der Waals surface area contributed by atoms with Crippen LogP contribution in [0.2, 0.25) is 0 Å². The van der Waals surface area contributed by atoms with E-state index in [1.54, 1.807) is 12.4 Å². The first-order valence-corrected chi connectivity index (χ1v) is 4.84. The summed E-state index contributed by atoms with van der Waals surface area (Å²) < 4.78 is 0. The molecule has 0 amide bonds. The molecule has 0 aromatic carbocycles. The minimum atomic E-state index is -0.974. The Hall–Kier alpha value is -1.49. The molecule has 3 N–H and O–H groups in total. The molecule has 0 saturated heterocycles. The molecule has 0 radical (unpaired) electrons. The summed E-state index contributed by atoms with van der Waals surface area (Å²) in [5, 5.41) is 8.94. The molecular weight excluding hydrogens is 194 g/mol. The van der Waals surface area contributed by atoms with Crippen LogP contribution >= 0.6 is 0 Å². The predicted octanol–water partition coefficient (Wildman–Crippen LogP) is 0.229. The van der Waals surface area contributed by atoms with Crippen LogP contribution in [0.4, 0.5) is 0 Å². The second kappa shape index (κ2) is 3.27. The summed E-state index contributed by atoms with van der Waals surface area (Å²) in [6, 6.07) is -0.882. The lowest BCUT2D eigenvalue weighted by molar-refractivity contribution is -0.139. The van der Waals surface area contributed by atoms with Gasteiger partial charge >= 0.3 is 5.97 Å². The Morgan fingerprint density at radius 2 is 2.13 bits per heavy atom. The van der Waals surface area contributed by atoms with E-state index in [2.05, 4.69) is 9.97 Å². The van der Waals surface area contributed by atoms with E-state index in [0.29, 0.717) is 0 Å². The third-order valence-corrected chi connectivity index (χ3v) is 3.00. The van der Waals surface area contributed by atoms with E-state index < -0.39 is 17.4 Å². The number of hydrogen-bond donors (Lipinski definition) is 2. The Bertz CT molecular complexity index is 401. The minimum Gasteiger partial charge on any atom is -0.480 e. The molecule has 15 heavy (non-hydrogen) atoms. The van der Waals surface area contributed by atoms with E-state index in [9.17, 15) is 4.79 Å². The van der Waals surface area contributed by atoms with Crippen molar-refractivity contribution in [1.29, 1.82) is 0 Å². The normalized spacial score (nSPS) is 19.6. The van der Waals surface area contributed by atoms with Gasteiger partial charge in [0, 0.05) is 17.8 Å². The lowest BCUT2D eigenvalue weighted by Gasteiger charge is -2.19. The van der Waals surface area contributed by atoms with E-state index in [-0.39, 0.29) is 0 Å². The third kappa shape index (κ3) is 1.48. The highest BCUT2D eigenvalue weighted by molar-refractivity contribution is 5.76. The van der Waals surface area contributed by atoms with Crippen molar-refractivity contribution in [3.63, 3.8) is 0 Å². The summed E-state index contributed by atoms with van der Waals surface area (Å²) in [4.78, 5) is 19.2. The number of aliphatic carboxylic acids is 1. The van der Waals surface area contributed by atoms with Gasteiger partial charge in [0.15, 0.2) is 0 Å². The van der Waals surface area contributed by atoms with E-state index in [4.69, 9.17) is 10.8 Å².